The predicted molar refractivity (Wildman–Crippen MR) is 129 cm³/mol. The molecule has 1 aromatic heterocycles. The fourth-order valence-electron chi connectivity index (χ4n) is 3.84. The Morgan fingerprint density at radius 3 is 2.69 bits per heavy atom. The van der Waals surface area contributed by atoms with Gasteiger partial charge in [0.15, 0.2) is 0 Å². The number of nitrogens with one attached hydrogen (secondary N) is 2. The molecule has 2 amide bonds. The zero-order valence-corrected chi connectivity index (χ0v) is 17.9. The number of hydrogen-bond donors (Lipinski definition) is 3. The van der Waals surface area contributed by atoms with Crippen LogP contribution in [0.25, 0.3) is 10.2 Å². The molecule has 0 bridgehead atoms. The van der Waals surface area contributed by atoms with Crippen molar-refractivity contribution < 1.29 is 9.59 Å². The molecule has 7 nitrogen and oxygen atoms in total. The Hall–Kier alpha value is -4.04. The minimum atomic E-state index is -0.474. The second-order valence-electron chi connectivity index (χ2n) is 7.49. The molecule has 4 aromatic rings. The summed E-state index contributed by atoms with van der Waals surface area (Å²) in [4.78, 5) is 34.3. The Labute approximate surface area is 188 Å². The van der Waals surface area contributed by atoms with Crippen molar-refractivity contribution in [3.63, 3.8) is 0 Å². The maximum atomic E-state index is 12.7. The van der Waals surface area contributed by atoms with Crippen molar-refractivity contribution in [3.05, 3.63) is 77.3 Å². The summed E-state index contributed by atoms with van der Waals surface area (Å²) in [6, 6.07) is 17.8. The maximum absolute atomic E-state index is 12.7. The van der Waals surface area contributed by atoms with Crippen molar-refractivity contribution in [2.24, 2.45) is 4.99 Å². The Balaban J connectivity index is 1.39. The monoisotopic (exact) mass is 441 g/mol. The molecule has 3 aromatic carbocycles. The van der Waals surface area contributed by atoms with E-state index in [-0.39, 0.29) is 11.8 Å². The number of nitrogen functional groups attached to an aromatic ring is 1. The van der Waals surface area contributed by atoms with Gasteiger partial charge in [0.1, 0.15) is 5.92 Å². The zero-order valence-electron chi connectivity index (χ0n) is 17.1. The van der Waals surface area contributed by atoms with E-state index in [0.717, 1.165) is 21.5 Å². The number of benzene rings is 3. The second kappa shape index (κ2) is 7.90. The summed E-state index contributed by atoms with van der Waals surface area (Å²) in [5.74, 6) is -0.830. The molecular weight excluding hydrogens is 422 g/mol. The molecule has 32 heavy (non-hydrogen) atoms. The number of nitrogens with zero attached hydrogens (tertiary/aromatic N) is 2. The number of hydrogen-bond acceptors (Lipinski definition) is 6. The number of carbonyl (C=O) groups excluding carboxylic acids is 2. The van der Waals surface area contributed by atoms with E-state index in [4.69, 9.17) is 5.73 Å². The molecule has 0 saturated carbocycles. The molecule has 4 N–H and O–H groups in total. The number of aliphatic imine (C=N–C) groups is 1. The molecule has 5 rings (SSSR count). The average molecular weight is 442 g/mol. The lowest BCUT2D eigenvalue weighted by molar-refractivity contribution is -0.115. The standard InChI is InChI=1S/C24H19N5O2S/c1-13(20-21-18(29-24(20)31)10-11-19-22(21)32-12-26-19)27-15-8-6-14(7-9-15)23(30)28-17-5-3-2-4-16(17)25/h2-12,20H,25H2,1H3,(H,28,30)(H,29,31). The molecule has 0 fully saturated rings. The van der Waals surface area contributed by atoms with E-state index in [2.05, 4.69) is 20.6 Å². The van der Waals surface area contributed by atoms with Crippen LogP contribution in [-0.4, -0.2) is 22.5 Å². The summed E-state index contributed by atoms with van der Waals surface area (Å²) >= 11 is 1.52. The number of rotatable bonds is 4. The number of thiazole rings is 1. The summed E-state index contributed by atoms with van der Waals surface area (Å²) in [6.45, 7) is 1.85. The van der Waals surface area contributed by atoms with Crippen LogP contribution in [0.4, 0.5) is 22.7 Å². The van der Waals surface area contributed by atoms with E-state index in [9.17, 15) is 9.59 Å². The van der Waals surface area contributed by atoms with Crippen molar-refractivity contribution in [1.29, 1.82) is 0 Å². The smallest absolute Gasteiger partial charge is 0.255 e. The largest absolute Gasteiger partial charge is 0.397 e. The molecule has 2 heterocycles. The number of fused-ring (bicyclic) bond motifs is 3. The topological polar surface area (TPSA) is 109 Å². The fourth-order valence-corrected chi connectivity index (χ4v) is 4.71. The lowest BCUT2D eigenvalue weighted by Gasteiger charge is -2.10. The number of carbonyl (C=O) groups is 2. The number of anilines is 3. The first-order chi connectivity index (χ1) is 15.5. The van der Waals surface area contributed by atoms with Gasteiger partial charge in [-0.15, -0.1) is 11.3 Å². The van der Waals surface area contributed by atoms with Gasteiger partial charge in [-0.2, -0.15) is 0 Å². The summed E-state index contributed by atoms with van der Waals surface area (Å²) in [6.07, 6.45) is 0. The third-order valence-corrected chi connectivity index (χ3v) is 6.28. The Morgan fingerprint density at radius 2 is 1.91 bits per heavy atom. The number of nitrogens with two attached hydrogens (primary N) is 1. The van der Waals surface area contributed by atoms with Gasteiger partial charge in [-0.3, -0.25) is 14.6 Å². The van der Waals surface area contributed by atoms with Crippen LogP contribution >= 0.6 is 11.3 Å². The van der Waals surface area contributed by atoms with Crippen molar-refractivity contribution in [2.45, 2.75) is 12.8 Å². The van der Waals surface area contributed by atoms with Gasteiger partial charge in [-0.05, 0) is 55.5 Å². The zero-order chi connectivity index (χ0) is 22.2. The van der Waals surface area contributed by atoms with Crippen LogP contribution < -0.4 is 16.4 Å². The molecule has 0 saturated heterocycles. The van der Waals surface area contributed by atoms with Gasteiger partial charge in [-0.25, -0.2) is 4.98 Å². The summed E-state index contributed by atoms with van der Waals surface area (Å²) in [5.41, 5.74) is 13.2. The fraction of sp³-hybridized carbons (Fsp3) is 0.0833. The van der Waals surface area contributed by atoms with Crippen molar-refractivity contribution in [1.82, 2.24) is 4.98 Å². The minimum absolute atomic E-state index is 0.0985. The van der Waals surface area contributed by atoms with Gasteiger partial charge in [0, 0.05) is 22.5 Å². The van der Waals surface area contributed by atoms with Crippen LogP contribution in [0.3, 0.4) is 0 Å². The van der Waals surface area contributed by atoms with Crippen LogP contribution in [-0.2, 0) is 4.79 Å². The quantitative estimate of drug-likeness (QED) is 0.307. The molecule has 1 aliphatic heterocycles. The number of aromatic nitrogens is 1. The van der Waals surface area contributed by atoms with Crippen molar-refractivity contribution in [2.75, 3.05) is 16.4 Å². The lowest BCUT2D eigenvalue weighted by atomic mass is 9.96. The van der Waals surface area contributed by atoms with E-state index >= 15 is 0 Å². The first-order valence-electron chi connectivity index (χ1n) is 9.99. The first kappa shape index (κ1) is 19.9. The van der Waals surface area contributed by atoms with Gasteiger partial charge in [0.05, 0.1) is 32.8 Å². The maximum Gasteiger partial charge on any atom is 0.255 e. The highest BCUT2D eigenvalue weighted by molar-refractivity contribution is 7.17. The van der Waals surface area contributed by atoms with E-state index < -0.39 is 5.92 Å². The first-order valence-corrected chi connectivity index (χ1v) is 10.9. The molecule has 158 valence electrons. The third-order valence-electron chi connectivity index (χ3n) is 5.41. The minimum Gasteiger partial charge on any atom is -0.397 e. The number of amides is 2. The van der Waals surface area contributed by atoms with Crippen LogP contribution in [0.2, 0.25) is 0 Å². The molecule has 0 radical (unpaired) electrons. The van der Waals surface area contributed by atoms with Gasteiger partial charge in [-0.1, -0.05) is 12.1 Å². The average Bonchev–Trinajstić information content (AvgIpc) is 3.39. The van der Waals surface area contributed by atoms with Crippen LogP contribution in [0.1, 0.15) is 28.8 Å². The van der Waals surface area contributed by atoms with Gasteiger partial charge >= 0.3 is 0 Å². The lowest BCUT2D eigenvalue weighted by Crippen LogP contribution is -2.18. The highest BCUT2D eigenvalue weighted by Crippen LogP contribution is 2.40. The van der Waals surface area contributed by atoms with Gasteiger partial charge in [0.2, 0.25) is 5.91 Å². The Bertz CT molecular complexity index is 1390. The van der Waals surface area contributed by atoms with E-state index in [0.29, 0.717) is 28.3 Å². The Kier molecular flexibility index (Phi) is 4.91. The predicted octanol–water partition coefficient (Wildman–Crippen LogP) is 4.96. The van der Waals surface area contributed by atoms with E-state index in [1.807, 2.05) is 31.2 Å². The summed E-state index contributed by atoms with van der Waals surface area (Å²) in [7, 11) is 0. The van der Waals surface area contributed by atoms with Crippen molar-refractivity contribution >= 4 is 61.8 Å². The molecule has 1 atom stereocenters. The van der Waals surface area contributed by atoms with E-state index in [1.165, 1.54) is 11.3 Å². The second-order valence-corrected chi connectivity index (χ2v) is 8.35. The molecule has 1 unspecified atom stereocenters. The highest BCUT2D eigenvalue weighted by Gasteiger charge is 2.35. The summed E-state index contributed by atoms with van der Waals surface area (Å²) < 4.78 is 0.993. The van der Waals surface area contributed by atoms with Crippen LogP contribution in [0.5, 0.6) is 0 Å². The van der Waals surface area contributed by atoms with Gasteiger partial charge < -0.3 is 16.4 Å². The molecule has 0 aliphatic carbocycles. The van der Waals surface area contributed by atoms with E-state index in [1.54, 1.807) is 41.9 Å². The summed E-state index contributed by atoms with van der Waals surface area (Å²) in [5, 5.41) is 5.75. The highest BCUT2D eigenvalue weighted by atomic mass is 32.1. The molecule has 8 heteroatoms. The normalized spacial score (nSPS) is 15.5. The molecule has 0 spiro atoms. The SMILES string of the molecule is CC(=Nc1ccc(C(=O)Nc2ccccc2N)cc1)C1C(=O)Nc2ccc3ncsc3c21. The molecule has 1 aliphatic rings. The molecular formula is C24H19N5O2S. The van der Waals surface area contributed by atoms with Crippen LogP contribution in [0.15, 0.2) is 71.2 Å². The van der Waals surface area contributed by atoms with Crippen LogP contribution in [0, 0.1) is 0 Å². The Morgan fingerprint density at radius 1 is 1.12 bits per heavy atom. The van der Waals surface area contributed by atoms with Crippen molar-refractivity contribution in [3.8, 4) is 0 Å². The van der Waals surface area contributed by atoms with Gasteiger partial charge in [0.25, 0.3) is 5.91 Å². The third kappa shape index (κ3) is 3.50. The number of para-hydroxylation sites is 2.